The first-order chi connectivity index (χ1) is 11.4. The van der Waals surface area contributed by atoms with Crippen LogP contribution in [-0.2, 0) is 9.59 Å². The van der Waals surface area contributed by atoms with E-state index in [2.05, 4.69) is 24.5 Å². The molecule has 1 saturated heterocycles. The maximum Gasteiger partial charge on any atom is 1.00 e. The number of rotatable bonds is 1. The molecule has 4 nitrogen and oxygen atoms in total. The molecule has 7 atom stereocenters. The van der Waals surface area contributed by atoms with Crippen LogP contribution in [0, 0.1) is 34.5 Å². The van der Waals surface area contributed by atoms with Crippen LogP contribution in [0.3, 0.4) is 0 Å². The van der Waals surface area contributed by atoms with Gasteiger partial charge in [-0.25, -0.2) is 0 Å². The molecule has 2 amide bonds. The van der Waals surface area contributed by atoms with Gasteiger partial charge >= 0.3 is 37.7 Å². The van der Waals surface area contributed by atoms with Crippen LogP contribution in [0.4, 0.5) is 0 Å². The van der Waals surface area contributed by atoms with Crippen LogP contribution in [-0.4, -0.2) is 24.9 Å². The van der Waals surface area contributed by atoms with Gasteiger partial charge in [0.15, 0.2) is 0 Å². The van der Waals surface area contributed by atoms with Crippen molar-refractivity contribution in [2.75, 3.05) is 7.05 Å². The average molecular weight is 344 g/mol. The topological polar surface area (TPSA) is 62.3 Å². The molecule has 4 fully saturated rings. The Morgan fingerprint density at radius 2 is 1.69 bits per heavy atom. The fourth-order valence-electron chi connectivity index (χ4n) is 7.18. The first-order valence-corrected chi connectivity index (χ1v) is 9.77. The van der Waals surface area contributed by atoms with Gasteiger partial charge in [-0.1, -0.05) is 26.7 Å². The Hall–Kier alpha value is 0.135. The molecule has 134 valence electrons. The normalized spacial score (nSPS) is 46.4. The second kappa shape index (κ2) is 7.87. The van der Waals surface area contributed by atoms with Crippen LogP contribution in [0.2, 0.25) is 0 Å². The molecule has 0 radical (unpaired) electrons. The molecule has 0 N–H and O–H groups in total. The Labute approximate surface area is 182 Å². The fourth-order valence-corrected chi connectivity index (χ4v) is 7.18. The van der Waals surface area contributed by atoms with E-state index in [0.29, 0.717) is 24.2 Å². The van der Waals surface area contributed by atoms with Crippen LogP contribution in [0.25, 0.3) is 10.6 Å². The Bertz CT molecular complexity index is 572. The van der Waals surface area contributed by atoms with Crippen molar-refractivity contribution in [2.24, 2.45) is 34.5 Å². The summed E-state index contributed by atoms with van der Waals surface area (Å²) in [6, 6.07) is 0.244. The molecule has 0 aromatic heterocycles. The minimum atomic E-state index is 0. The van der Waals surface area contributed by atoms with Gasteiger partial charge < -0.3 is 20.2 Å². The molecule has 6 heteroatoms. The predicted octanol–water partition coefficient (Wildman–Crippen LogP) is -1.55. The van der Waals surface area contributed by atoms with Crippen molar-refractivity contribution < 1.29 is 47.3 Å². The number of carbonyl (C=O) groups is 2. The van der Waals surface area contributed by atoms with E-state index in [4.69, 9.17) is 0 Å². The maximum atomic E-state index is 12.3. The summed E-state index contributed by atoms with van der Waals surface area (Å²) in [4.78, 5) is 24.1. The molecule has 3 aliphatic carbocycles. The quantitative estimate of drug-likeness (QED) is 0.541. The molecule has 0 aromatic rings. The van der Waals surface area contributed by atoms with Crippen molar-refractivity contribution in [2.45, 2.75) is 71.3 Å². The van der Waals surface area contributed by atoms with Crippen molar-refractivity contribution >= 4 is 11.8 Å². The molecule has 26 heavy (non-hydrogen) atoms. The summed E-state index contributed by atoms with van der Waals surface area (Å²) in [5, 5.41) is 8.53. The number of hydrogen-bond donors (Lipinski definition) is 0. The Kier molecular flexibility index (Phi) is 6.79. The number of fused-ring (bicyclic) bond motifs is 5. The summed E-state index contributed by atoms with van der Waals surface area (Å²) in [5.41, 5.74) is 0.345. The molecule has 0 aromatic carbocycles. The first-order valence-electron chi connectivity index (χ1n) is 9.77. The third-order valence-corrected chi connectivity index (χ3v) is 8.51. The van der Waals surface area contributed by atoms with E-state index in [0.717, 1.165) is 25.7 Å². The maximum absolute atomic E-state index is 12.3. The smallest absolute Gasteiger partial charge is 0.656 e. The van der Waals surface area contributed by atoms with Crippen molar-refractivity contribution in [3.05, 3.63) is 10.6 Å². The largest absolute Gasteiger partial charge is 1.00 e. The van der Waals surface area contributed by atoms with E-state index in [-0.39, 0.29) is 72.3 Å². The molecule has 4 rings (SSSR count). The number of carbonyl (C=O) groups excluding carboxylic acids is 2. The standard InChI is InChI=1S/C20H32N2O2.2Li/c1-19-10-8-14-12(13(19)5-6-15(19)18(24)21-3)4-7-16-20(14,2)11-9-17(23)22-16;;/h12-16H,4-11H2,1-3H3,(H2,21,22,23,24);;/q;2*+1/p-2/t12?,13?,14?,15-,16?,19?,20?;;/m1../s1. The van der Waals surface area contributed by atoms with Gasteiger partial charge in [0.25, 0.3) is 0 Å². The second-order valence-corrected chi connectivity index (χ2v) is 9.23. The van der Waals surface area contributed by atoms with Crippen LogP contribution >= 0.6 is 0 Å². The summed E-state index contributed by atoms with van der Waals surface area (Å²) < 4.78 is 0. The molecular formula is C20H30Li2N2O2. The number of amides is 2. The molecule has 0 bridgehead atoms. The number of piperidine rings is 1. The fraction of sp³-hybridized carbons (Fsp3) is 0.900. The Morgan fingerprint density at radius 3 is 2.38 bits per heavy atom. The molecule has 0 spiro atoms. The number of hydrogen-bond acceptors (Lipinski definition) is 2. The Morgan fingerprint density at radius 1 is 1.00 bits per heavy atom. The van der Waals surface area contributed by atoms with Crippen molar-refractivity contribution in [3.8, 4) is 0 Å². The second-order valence-electron chi connectivity index (χ2n) is 9.23. The zero-order valence-corrected chi connectivity index (χ0v) is 17.3. The monoisotopic (exact) mass is 344 g/mol. The predicted molar refractivity (Wildman–Crippen MR) is 93.6 cm³/mol. The summed E-state index contributed by atoms with van der Waals surface area (Å²) in [6.07, 6.45) is 8.43. The van der Waals surface area contributed by atoms with E-state index >= 15 is 0 Å². The first kappa shape index (κ1) is 22.4. The van der Waals surface area contributed by atoms with Gasteiger partial charge in [0.05, 0.1) is 11.8 Å². The SMILES string of the molecule is C[N-]C(=O)[C@H]1CCC2C3CCC4[N-]C(=O)CCC4(C)C3CCC21C.[Li+].[Li+]. The van der Waals surface area contributed by atoms with Crippen molar-refractivity contribution in [1.29, 1.82) is 0 Å². The van der Waals surface area contributed by atoms with E-state index < -0.39 is 0 Å². The zero-order chi connectivity index (χ0) is 17.1. The Balaban J connectivity index is 0.00000121. The molecular weight excluding hydrogens is 314 g/mol. The van der Waals surface area contributed by atoms with Crippen LogP contribution in [0.1, 0.15) is 65.2 Å². The van der Waals surface area contributed by atoms with Gasteiger partial charge in [-0.05, 0) is 67.1 Å². The van der Waals surface area contributed by atoms with Gasteiger partial charge in [0.1, 0.15) is 0 Å². The molecule has 1 heterocycles. The van der Waals surface area contributed by atoms with E-state index in [1.54, 1.807) is 7.05 Å². The summed E-state index contributed by atoms with van der Waals surface area (Å²) in [6.45, 7) is 4.75. The third kappa shape index (κ3) is 3.14. The van der Waals surface area contributed by atoms with Gasteiger partial charge in [-0.2, -0.15) is 0 Å². The van der Waals surface area contributed by atoms with Gasteiger partial charge in [-0.15, -0.1) is 13.1 Å². The molecule has 6 unspecified atom stereocenters. The van der Waals surface area contributed by atoms with E-state index in [1.807, 2.05) is 0 Å². The molecule has 4 aliphatic rings. The summed E-state index contributed by atoms with van der Waals surface area (Å²) in [5.74, 6) is 2.42. The van der Waals surface area contributed by atoms with Gasteiger partial charge in [0, 0.05) is 5.92 Å². The number of nitrogens with zero attached hydrogens (tertiary/aromatic N) is 2. The van der Waals surface area contributed by atoms with Crippen molar-refractivity contribution in [3.63, 3.8) is 0 Å². The zero-order valence-electron chi connectivity index (χ0n) is 17.3. The summed E-state index contributed by atoms with van der Waals surface area (Å²) >= 11 is 0. The van der Waals surface area contributed by atoms with Crippen LogP contribution < -0.4 is 37.7 Å². The minimum Gasteiger partial charge on any atom is -0.656 e. The third-order valence-electron chi connectivity index (χ3n) is 8.51. The molecule has 1 aliphatic heterocycles. The van der Waals surface area contributed by atoms with Gasteiger partial charge in [-0.3, -0.25) is 0 Å². The van der Waals surface area contributed by atoms with Crippen LogP contribution in [0.15, 0.2) is 0 Å². The van der Waals surface area contributed by atoms with Gasteiger partial charge in [0.2, 0.25) is 0 Å². The van der Waals surface area contributed by atoms with E-state index in [9.17, 15) is 9.59 Å². The average Bonchev–Trinajstić information content (AvgIpc) is 2.92. The van der Waals surface area contributed by atoms with Crippen LogP contribution in [0.5, 0.6) is 0 Å². The minimum absolute atomic E-state index is 0. The molecule has 3 saturated carbocycles. The summed E-state index contributed by atoms with van der Waals surface area (Å²) in [7, 11) is 1.65. The van der Waals surface area contributed by atoms with E-state index in [1.165, 1.54) is 19.3 Å². The van der Waals surface area contributed by atoms with Crippen molar-refractivity contribution in [1.82, 2.24) is 0 Å².